The topological polar surface area (TPSA) is 34.4 Å². The van der Waals surface area contributed by atoms with Crippen molar-refractivity contribution in [2.24, 2.45) is 0 Å². The number of rotatable bonds is 6. The summed E-state index contributed by atoms with van der Waals surface area (Å²) in [5, 5.41) is 3.28. The van der Waals surface area contributed by atoms with E-state index in [0.717, 1.165) is 24.6 Å². The van der Waals surface area contributed by atoms with Crippen LogP contribution in [0.1, 0.15) is 56.1 Å². The van der Waals surface area contributed by atoms with E-state index in [2.05, 4.69) is 18.3 Å². The number of ether oxygens (including phenoxy) is 1. The van der Waals surface area contributed by atoms with E-state index in [1.807, 2.05) is 6.92 Å². The van der Waals surface area contributed by atoms with Gasteiger partial charge < -0.3 is 14.5 Å². The summed E-state index contributed by atoms with van der Waals surface area (Å²) in [5.41, 5.74) is 1.20. The third-order valence-electron chi connectivity index (χ3n) is 3.65. The molecule has 3 heteroatoms. The van der Waals surface area contributed by atoms with Crippen molar-refractivity contribution >= 4 is 0 Å². The Morgan fingerprint density at radius 2 is 2.11 bits per heavy atom. The molecule has 0 radical (unpaired) electrons. The van der Waals surface area contributed by atoms with Gasteiger partial charge >= 0.3 is 0 Å². The highest BCUT2D eigenvalue weighted by Gasteiger charge is 2.15. The van der Waals surface area contributed by atoms with Crippen molar-refractivity contribution in [3.8, 4) is 0 Å². The largest absolute Gasteiger partial charge is 0.465 e. The molecule has 0 aliphatic heterocycles. The van der Waals surface area contributed by atoms with E-state index in [-0.39, 0.29) is 0 Å². The van der Waals surface area contributed by atoms with Crippen LogP contribution in [0.2, 0.25) is 0 Å². The molecule has 1 aromatic heterocycles. The molecule has 18 heavy (non-hydrogen) atoms. The summed E-state index contributed by atoms with van der Waals surface area (Å²) in [6.07, 6.45) is 6.92. The second-order valence-electron chi connectivity index (χ2n) is 5.15. The number of hydrogen-bond acceptors (Lipinski definition) is 3. The van der Waals surface area contributed by atoms with Gasteiger partial charge in [0.05, 0.1) is 19.3 Å². The third kappa shape index (κ3) is 3.85. The van der Waals surface area contributed by atoms with Crippen molar-refractivity contribution in [3.05, 3.63) is 23.2 Å². The van der Waals surface area contributed by atoms with Crippen LogP contribution in [0.4, 0.5) is 0 Å². The van der Waals surface area contributed by atoms with Crippen molar-refractivity contribution in [2.45, 2.75) is 65.2 Å². The number of nitrogens with one attached hydrogen (secondary N) is 1. The van der Waals surface area contributed by atoms with Gasteiger partial charge in [0.15, 0.2) is 0 Å². The summed E-state index contributed by atoms with van der Waals surface area (Å²) in [7, 11) is 0. The minimum atomic E-state index is 0.463. The molecule has 1 aromatic rings. The van der Waals surface area contributed by atoms with Crippen molar-refractivity contribution < 1.29 is 9.15 Å². The Labute approximate surface area is 110 Å². The van der Waals surface area contributed by atoms with E-state index < -0.39 is 0 Å². The average Bonchev–Trinajstić information content (AvgIpc) is 2.76. The van der Waals surface area contributed by atoms with Crippen LogP contribution in [0.3, 0.4) is 0 Å². The lowest BCUT2D eigenvalue weighted by atomic mass is 9.98. The first kappa shape index (κ1) is 13.6. The van der Waals surface area contributed by atoms with Crippen LogP contribution in [0, 0.1) is 6.92 Å². The van der Waals surface area contributed by atoms with Gasteiger partial charge in [-0.3, -0.25) is 0 Å². The Morgan fingerprint density at radius 1 is 1.33 bits per heavy atom. The third-order valence-corrected chi connectivity index (χ3v) is 3.65. The van der Waals surface area contributed by atoms with Gasteiger partial charge in [-0.05, 0) is 32.4 Å². The van der Waals surface area contributed by atoms with Crippen LogP contribution in [-0.2, 0) is 17.9 Å². The van der Waals surface area contributed by atoms with Gasteiger partial charge in [0, 0.05) is 5.56 Å². The highest BCUT2D eigenvalue weighted by molar-refractivity contribution is 5.19. The Kier molecular flexibility index (Phi) is 5.26. The van der Waals surface area contributed by atoms with E-state index in [1.54, 1.807) is 0 Å². The molecule has 0 atom stereocenters. The molecule has 1 heterocycles. The molecule has 0 aromatic carbocycles. The molecular weight excluding hydrogens is 226 g/mol. The van der Waals surface area contributed by atoms with Gasteiger partial charge in [-0.1, -0.05) is 26.2 Å². The highest BCUT2D eigenvalue weighted by atomic mass is 16.5. The maximum absolute atomic E-state index is 5.99. The zero-order chi connectivity index (χ0) is 12.8. The molecule has 1 N–H and O–H groups in total. The zero-order valence-corrected chi connectivity index (χ0v) is 11.6. The number of furan rings is 1. The van der Waals surface area contributed by atoms with Crippen molar-refractivity contribution in [1.82, 2.24) is 5.32 Å². The second-order valence-corrected chi connectivity index (χ2v) is 5.15. The van der Waals surface area contributed by atoms with Gasteiger partial charge in [-0.15, -0.1) is 0 Å². The van der Waals surface area contributed by atoms with E-state index >= 15 is 0 Å². The van der Waals surface area contributed by atoms with Crippen molar-refractivity contribution in [1.29, 1.82) is 0 Å². The molecule has 3 nitrogen and oxygen atoms in total. The summed E-state index contributed by atoms with van der Waals surface area (Å²) < 4.78 is 11.7. The fourth-order valence-corrected chi connectivity index (χ4v) is 2.51. The number of aryl methyl sites for hydroxylation is 1. The molecule has 1 saturated carbocycles. The van der Waals surface area contributed by atoms with Gasteiger partial charge in [-0.25, -0.2) is 0 Å². The first-order valence-electron chi connectivity index (χ1n) is 7.20. The number of hydrogen-bond donors (Lipinski definition) is 1. The quantitative estimate of drug-likeness (QED) is 0.839. The molecule has 2 rings (SSSR count). The predicted molar refractivity (Wildman–Crippen MR) is 72.5 cm³/mol. The summed E-state index contributed by atoms with van der Waals surface area (Å²) in [5.74, 6) is 2.01. The van der Waals surface area contributed by atoms with E-state index in [9.17, 15) is 0 Å². The van der Waals surface area contributed by atoms with Crippen LogP contribution in [-0.4, -0.2) is 12.6 Å². The molecule has 0 bridgehead atoms. The molecule has 102 valence electrons. The molecule has 0 amide bonds. The van der Waals surface area contributed by atoms with Gasteiger partial charge in [-0.2, -0.15) is 0 Å². The lowest BCUT2D eigenvalue weighted by Crippen LogP contribution is -2.16. The summed E-state index contributed by atoms with van der Waals surface area (Å²) in [6, 6.07) is 2.13. The molecule has 1 fully saturated rings. The maximum Gasteiger partial charge on any atom is 0.118 e. The fraction of sp³-hybridized carbons (Fsp3) is 0.733. The fourth-order valence-electron chi connectivity index (χ4n) is 2.51. The summed E-state index contributed by atoms with van der Waals surface area (Å²) in [4.78, 5) is 0. The van der Waals surface area contributed by atoms with Gasteiger partial charge in [0.25, 0.3) is 0 Å². The Balaban J connectivity index is 1.82. The molecule has 0 saturated heterocycles. The predicted octanol–water partition coefficient (Wildman–Crippen LogP) is 3.55. The zero-order valence-electron chi connectivity index (χ0n) is 11.6. The van der Waals surface area contributed by atoms with E-state index in [1.165, 1.54) is 37.7 Å². The molecule has 0 unspecified atom stereocenters. The van der Waals surface area contributed by atoms with Crippen LogP contribution in [0.5, 0.6) is 0 Å². The van der Waals surface area contributed by atoms with E-state index in [0.29, 0.717) is 12.7 Å². The minimum Gasteiger partial charge on any atom is -0.465 e. The second kappa shape index (κ2) is 6.95. The minimum absolute atomic E-state index is 0.463. The lowest BCUT2D eigenvalue weighted by molar-refractivity contribution is 0.0164. The smallest absolute Gasteiger partial charge is 0.118 e. The first-order chi connectivity index (χ1) is 8.79. The molecule has 1 aliphatic carbocycles. The average molecular weight is 251 g/mol. The van der Waals surface area contributed by atoms with Crippen molar-refractivity contribution in [3.63, 3.8) is 0 Å². The van der Waals surface area contributed by atoms with Crippen LogP contribution in [0.25, 0.3) is 0 Å². The van der Waals surface area contributed by atoms with Crippen LogP contribution >= 0.6 is 0 Å². The first-order valence-corrected chi connectivity index (χ1v) is 7.20. The molecule has 1 aliphatic rings. The van der Waals surface area contributed by atoms with Crippen LogP contribution in [0.15, 0.2) is 10.5 Å². The van der Waals surface area contributed by atoms with Crippen molar-refractivity contribution in [2.75, 3.05) is 6.54 Å². The van der Waals surface area contributed by atoms with Gasteiger partial charge in [0.2, 0.25) is 0 Å². The maximum atomic E-state index is 5.99. The van der Waals surface area contributed by atoms with Crippen LogP contribution < -0.4 is 5.32 Å². The Hall–Kier alpha value is -0.800. The molecule has 0 spiro atoms. The monoisotopic (exact) mass is 251 g/mol. The summed E-state index contributed by atoms with van der Waals surface area (Å²) in [6.45, 7) is 6.60. The van der Waals surface area contributed by atoms with Gasteiger partial charge in [0.1, 0.15) is 11.5 Å². The lowest BCUT2D eigenvalue weighted by Gasteiger charge is -2.21. The summed E-state index contributed by atoms with van der Waals surface area (Å²) >= 11 is 0. The highest BCUT2D eigenvalue weighted by Crippen LogP contribution is 2.23. The van der Waals surface area contributed by atoms with E-state index in [4.69, 9.17) is 9.15 Å². The normalized spacial score (nSPS) is 17.2. The Bertz CT molecular complexity index is 353. The standard InChI is InChI=1S/C15H25NO2/c1-3-16-10-15-9-13(12(2)18-15)11-17-14-7-5-4-6-8-14/h9,14,16H,3-8,10-11H2,1-2H3. The Morgan fingerprint density at radius 3 is 2.83 bits per heavy atom. The molecular formula is C15H25NO2. The SMILES string of the molecule is CCNCc1cc(COC2CCCCC2)c(C)o1.